The number of halogens is 2. The Hall–Kier alpha value is -0.330. The number of rotatable bonds is 8. The molecule has 3 N–H and O–H groups in total. The van der Waals surface area contributed by atoms with E-state index in [1.165, 1.54) is 5.56 Å². The van der Waals surface area contributed by atoms with Crippen molar-refractivity contribution >= 4 is 42.1 Å². The summed E-state index contributed by atoms with van der Waals surface area (Å²) in [5.74, 6) is 0.0760. The zero-order valence-electron chi connectivity index (χ0n) is 13.8. The van der Waals surface area contributed by atoms with Gasteiger partial charge in [-0.05, 0) is 49.3 Å². The molecule has 1 amide bonds. The maximum atomic E-state index is 12.4. The lowest BCUT2D eigenvalue weighted by atomic mass is 9.81. The highest BCUT2D eigenvalue weighted by molar-refractivity contribution is 7.07. The Morgan fingerprint density at radius 2 is 1.95 bits per heavy atom. The molecule has 0 saturated heterocycles. The summed E-state index contributed by atoms with van der Waals surface area (Å²) in [5.41, 5.74) is 6.64. The highest BCUT2D eigenvalue weighted by Gasteiger charge is 2.33. The first-order valence-electron chi connectivity index (χ1n) is 7.17. The summed E-state index contributed by atoms with van der Waals surface area (Å²) in [5, 5.41) is 7.29. The molecule has 0 bridgehead atoms. The van der Waals surface area contributed by atoms with Gasteiger partial charge in [0.25, 0.3) is 0 Å². The Bertz CT molecular complexity index is 401. The molecule has 0 aromatic carbocycles. The molecule has 0 aliphatic carbocycles. The number of thiophene rings is 1. The molecule has 0 radical (unpaired) electrons. The van der Waals surface area contributed by atoms with Gasteiger partial charge in [-0.2, -0.15) is 11.3 Å². The van der Waals surface area contributed by atoms with Crippen LogP contribution in [-0.2, 0) is 4.79 Å². The number of carbonyl (C=O) groups excluding carboxylic acids is 1. The number of hydrogen-bond donors (Lipinski definition) is 2. The normalized spacial score (nSPS) is 12.3. The molecule has 1 rings (SSSR count). The van der Waals surface area contributed by atoms with E-state index >= 15 is 0 Å². The molecule has 0 fully saturated rings. The van der Waals surface area contributed by atoms with Crippen molar-refractivity contribution in [3.8, 4) is 0 Å². The van der Waals surface area contributed by atoms with Crippen LogP contribution in [-0.4, -0.2) is 38.0 Å². The number of nitrogens with one attached hydrogen (secondary N) is 1. The van der Waals surface area contributed by atoms with Gasteiger partial charge in [-0.3, -0.25) is 4.79 Å². The minimum atomic E-state index is -0.425. The second-order valence-electron chi connectivity index (χ2n) is 5.44. The Kier molecular flexibility index (Phi) is 12.2. The molecule has 4 nitrogen and oxygen atoms in total. The minimum absolute atomic E-state index is 0. The average molecular weight is 370 g/mol. The summed E-state index contributed by atoms with van der Waals surface area (Å²) < 4.78 is 0. The van der Waals surface area contributed by atoms with Crippen molar-refractivity contribution in [2.45, 2.75) is 32.7 Å². The predicted octanol–water partition coefficient (Wildman–Crippen LogP) is 3.08. The van der Waals surface area contributed by atoms with Crippen molar-refractivity contribution in [2.24, 2.45) is 11.1 Å². The lowest BCUT2D eigenvalue weighted by Gasteiger charge is -2.31. The summed E-state index contributed by atoms with van der Waals surface area (Å²) in [7, 11) is 4.06. The number of nitrogens with zero attached hydrogens (tertiary/aromatic N) is 1. The molecule has 1 aromatic rings. The molecule has 22 heavy (non-hydrogen) atoms. The summed E-state index contributed by atoms with van der Waals surface area (Å²) in [4.78, 5) is 14.6. The number of nitrogens with two attached hydrogens (primary N) is 1. The molecular formula is C15H29Cl2N3OS. The first kappa shape index (κ1) is 23.9. The Morgan fingerprint density at radius 1 is 1.36 bits per heavy atom. The number of amides is 1. The maximum Gasteiger partial charge on any atom is 0.227 e. The van der Waals surface area contributed by atoms with Crippen LogP contribution in [0, 0.1) is 5.41 Å². The largest absolute Gasteiger partial charge is 0.354 e. The quantitative estimate of drug-likeness (QED) is 0.739. The van der Waals surface area contributed by atoms with E-state index in [2.05, 4.69) is 27.0 Å². The summed E-state index contributed by atoms with van der Waals surface area (Å²) in [6.07, 6.45) is 1.55. The van der Waals surface area contributed by atoms with Gasteiger partial charge in [0.1, 0.15) is 0 Å². The van der Waals surface area contributed by atoms with Crippen molar-refractivity contribution in [3.05, 3.63) is 22.4 Å². The van der Waals surface area contributed by atoms with Gasteiger partial charge in [0.15, 0.2) is 0 Å². The first-order chi connectivity index (χ1) is 9.50. The molecule has 1 unspecified atom stereocenters. The molecule has 1 atom stereocenters. The van der Waals surface area contributed by atoms with E-state index in [9.17, 15) is 4.79 Å². The molecule has 130 valence electrons. The van der Waals surface area contributed by atoms with Crippen LogP contribution in [0.3, 0.4) is 0 Å². The third kappa shape index (κ3) is 5.70. The van der Waals surface area contributed by atoms with Crippen LogP contribution in [0.2, 0.25) is 0 Å². The van der Waals surface area contributed by atoms with E-state index in [0.717, 1.165) is 12.8 Å². The van der Waals surface area contributed by atoms with Crippen LogP contribution in [0.1, 0.15) is 38.3 Å². The molecule has 0 aliphatic rings. The van der Waals surface area contributed by atoms with Gasteiger partial charge in [-0.15, -0.1) is 24.8 Å². The molecule has 1 aromatic heterocycles. The fourth-order valence-electron chi connectivity index (χ4n) is 2.39. The van der Waals surface area contributed by atoms with Crippen LogP contribution >= 0.6 is 36.2 Å². The average Bonchev–Trinajstić information content (AvgIpc) is 2.95. The van der Waals surface area contributed by atoms with E-state index in [1.807, 2.05) is 27.9 Å². The molecule has 0 aliphatic heterocycles. The summed E-state index contributed by atoms with van der Waals surface area (Å²) in [6.45, 7) is 5.07. The summed E-state index contributed by atoms with van der Waals surface area (Å²) in [6, 6.07) is 2.31. The second-order valence-corrected chi connectivity index (χ2v) is 6.22. The zero-order chi connectivity index (χ0) is 15.2. The van der Waals surface area contributed by atoms with Gasteiger partial charge in [-0.25, -0.2) is 0 Å². The smallest absolute Gasteiger partial charge is 0.227 e. The Morgan fingerprint density at radius 3 is 2.32 bits per heavy atom. The zero-order valence-corrected chi connectivity index (χ0v) is 16.2. The number of carbonyl (C=O) groups is 1. The first-order valence-corrected chi connectivity index (χ1v) is 8.12. The lowest BCUT2D eigenvalue weighted by molar-refractivity contribution is -0.131. The molecule has 1 heterocycles. The van der Waals surface area contributed by atoms with Crippen LogP contribution < -0.4 is 11.1 Å². The van der Waals surface area contributed by atoms with Gasteiger partial charge >= 0.3 is 0 Å². The van der Waals surface area contributed by atoms with E-state index < -0.39 is 5.41 Å². The molecule has 7 heteroatoms. The molecule has 0 saturated carbocycles. The van der Waals surface area contributed by atoms with Crippen molar-refractivity contribution in [1.29, 1.82) is 0 Å². The van der Waals surface area contributed by atoms with Crippen LogP contribution in [0.15, 0.2) is 16.8 Å². The lowest BCUT2D eigenvalue weighted by Crippen LogP contribution is -2.47. The highest BCUT2D eigenvalue weighted by Crippen LogP contribution is 2.26. The third-order valence-corrected chi connectivity index (χ3v) is 4.93. The number of hydrogen-bond acceptors (Lipinski definition) is 4. The predicted molar refractivity (Wildman–Crippen MR) is 100 cm³/mol. The standard InChI is InChI=1S/C15H27N3OS.2ClH/c1-5-15(6-2,11-16)14(19)17-9-13(18(3)4)12-7-8-20-10-12;;/h7-8,10,13H,5-6,9,11,16H2,1-4H3,(H,17,19);2*1H. The second kappa shape index (κ2) is 11.2. The SMILES string of the molecule is CCC(CC)(CN)C(=O)NCC(c1ccsc1)N(C)C.Cl.Cl. The van der Waals surface area contributed by atoms with Crippen molar-refractivity contribution in [2.75, 3.05) is 27.2 Å². The summed E-state index contributed by atoms with van der Waals surface area (Å²) >= 11 is 1.68. The van der Waals surface area contributed by atoms with E-state index in [-0.39, 0.29) is 36.8 Å². The highest BCUT2D eigenvalue weighted by atomic mass is 35.5. The van der Waals surface area contributed by atoms with Gasteiger partial charge in [-0.1, -0.05) is 13.8 Å². The number of likely N-dealkylation sites (N-methyl/N-ethyl adjacent to an activating group) is 1. The van der Waals surface area contributed by atoms with Crippen molar-refractivity contribution < 1.29 is 4.79 Å². The monoisotopic (exact) mass is 369 g/mol. The Balaban J connectivity index is 0. The van der Waals surface area contributed by atoms with Gasteiger partial charge in [0.2, 0.25) is 5.91 Å². The van der Waals surface area contributed by atoms with E-state index in [1.54, 1.807) is 11.3 Å². The Labute approximate surface area is 150 Å². The van der Waals surface area contributed by atoms with Crippen molar-refractivity contribution in [3.63, 3.8) is 0 Å². The molecule has 0 spiro atoms. The van der Waals surface area contributed by atoms with Gasteiger partial charge in [0, 0.05) is 13.1 Å². The fraction of sp³-hybridized carbons (Fsp3) is 0.667. The fourth-order valence-corrected chi connectivity index (χ4v) is 3.10. The van der Waals surface area contributed by atoms with E-state index in [0.29, 0.717) is 13.1 Å². The van der Waals surface area contributed by atoms with Crippen molar-refractivity contribution in [1.82, 2.24) is 10.2 Å². The molecular weight excluding hydrogens is 341 g/mol. The maximum absolute atomic E-state index is 12.4. The van der Waals surface area contributed by atoms with E-state index in [4.69, 9.17) is 5.73 Å². The topological polar surface area (TPSA) is 58.4 Å². The van der Waals surface area contributed by atoms with Gasteiger partial charge < -0.3 is 16.0 Å². The van der Waals surface area contributed by atoms with Crippen LogP contribution in [0.25, 0.3) is 0 Å². The third-order valence-electron chi connectivity index (χ3n) is 4.23. The minimum Gasteiger partial charge on any atom is -0.354 e. The van der Waals surface area contributed by atoms with Crippen LogP contribution in [0.4, 0.5) is 0 Å². The van der Waals surface area contributed by atoms with Crippen LogP contribution in [0.5, 0.6) is 0 Å². The van der Waals surface area contributed by atoms with Gasteiger partial charge in [0.05, 0.1) is 11.5 Å².